The molecule has 7 N–H and O–H groups in total. The van der Waals surface area contributed by atoms with Crippen molar-refractivity contribution >= 4 is 11.8 Å². The SMILES string of the molecule is CN1CCC[C@@H]1C(=O)N1CCN(C2C(F)CNCC2NC(=O)C(C(N)N)C2NCC(F)CN2C2CCCCC2)CC1. The van der Waals surface area contributed by atoms with E-state index in [2.05, 4.69) is 30.7 Å². The molecule has 0 bridgehead atoms. The number of carbonyl (C=O) groups is 2. The second-order valence-corrected chi connectivity index (χ2v) is 12.8. The summed E-state index contributed by atoms with van der Waals surface area (Å²) < 4.78 is 30.0. The monoisotopic (exact) mass is 583 g/mol. The molecule has 0 aromatic heterocycles. The van der Waals surface area contributed by atoms with Crippen LogP contribution in [0.5, 0.6) is 0 Å². The number of rotatable bonds is 7. The smallest absolute Gasteiger partial charge is 0.240 e. The number of likely N-dealkylation sites (N-methyl/N-ethyl adjacent to an activating group) is 1. The van der Waals surface area contributed by atoms with E-state index in [1.165, 1.54) is 6.42 Å². The van der Waals surface area contributed by atoms with Crippen LogP contribution >= 0.6 is 0 Å². The summed E-state index contributed by atoms with van der Waals surface area (Å²) in [5.41, 5.74) is 12.5. The van der Waals surface area contributed by atoms with Gasteiger partial charge in [0.1, 0.15) is 12.3 Å². The number of carbonyl (C=O) groups excluding carboxylic acids is 2. The van der Waals surface area contributed by atoms with Crippen molar-refractivity contribution in [2.24, 2.45) is 17.4 Å². The molecule has 0 radical (unpaired) electrons. The first kappa shape index (κ1) is 31.0. The number of alkyl halides is 2. The van der Waals surface area contributed by atoms with Crippen LogP contribution in [0, 0.1) is 5.92 Å². The largest absolute Gasteiger partial charge is 0.350 e. The van der Waals surface area contributed by atoms with E-state index in [9.17, 15) is 14.0 Å². The van der Waals surface area contributed by atoms with Gasteiger partial charge in [-0.25, -0.2) is 8.78 Å². The van der Waals surface area contributed by atoms with Crippen molar-refractivity contribution in [2.45, 2.75) is 93.8 Å². The van der Waals surface area contributed by atoms with Crippen molar-refractivity contribution in [1.29, 1.82) is 0 Å². The Labute approximate surface area is 243 Å². The number of piperidine rings is 1. The fraction of sp³-hybridized carbons (Fsp3) is 0.929. The molecule has 0 aromatic carbocycles. The standard InChI is InChI=1S/C28H51F2N9O2/c1-36-9-5-8-22(36)28(41)38-12-10-37(11-13-38)24-20(30)15-33-16-21(24)35-27(40)23(25(31)32)26-34-14-18(29)17-39(26)19-6-3-2-4-7-19/h18-26,33-34H,2-17,31-32H2,1H3,(H,35,40)/t18?,20?,21?,22-,23?,24?,26?/m1/s1. The van der Waals surface area contributed by atoms with Crippen molar-refractivity contribution in [3.63, 3.8) is 0 Å². The molecule has 4 saturated heterocycles. The topological polar surface area (TPSA) is 135 Å². The zero-order chi connectivity index (χ0) is 29.1. The molecule has 2 amide bonds. The van der Waals surface area contributed by atoms with Crippen molar-refractivity contribution < 1.29 is 18.4 Å². The highest BCUT2D eigenvalue weighted by Gasteiger charge is 2.45. The molecule has 13 heteroatoms. The van der Waals surface area contributed by atoms with Gasteiger partial charge in [-0.2, -0.15) is 0 Å². The van der Waals surface area contributed by atoms with Crippen LogP contribution in [0.4, 0.5) is 8.78 Å². The molecule has 11 nitrogen and oxygen atoms in total. The number of nitrogens with zero attached hydrogens (tertiary/aromatic N) is 4. The normalized spacial score (nSPS) is 36.0. The van der Waals surface area contributed by atoms with Crippen LogP contribution < -0.4 is 27.4 Å². The van der Waals surface area contributed by atoms with E-state index in [0.29, 0.717) is 32.7 Å². The van der Waals surface area contributed by atoms with Crippen LogP contribution in [0.2, 0.25) is 0 Å². The molecule has 4 aliphatic heterocycles. The Kier molecular flexibility index (Phi) is 10.5. The zero-order valence-electron chi connectivity index (χ0n) is 24.5. The Hall–Kier alpha value is -1.48. The zero-order valence-corrected chi connectivity index (χ0v) is 24.5. The van der Waals surface area contributed by atoms with Gasteiger partial charge in [-0.05, 0) is 39.3 Å². The quantitative estimate of drug-likeness (QED) is 0.234. The van der Waals surface area contributed by atoms with E-state index in [-0.39, 0.29) is 43.5 Å². The number of halogens is 2. The summed E-state index contributed by atoms with van der Waals surface area (Å²) in [5, 5.41) is 9.45. The summed E-state index contributed by atoms with van der Waals surface area (Å²) in [5.74, 6) is -0.989. The molecule has 41 heavy (non-hydrogen) atoms. The Morgan fingerprint density at radius 3 is 2.32 bits per heavy atom. The van der Waals surface area contributed by atoms with Gasteiger partial charge in [0, 0.05) is 58.4 Å². The number of hydrogen-bond donors (Lipinski definition) is 5. The van der Waals surface area contributed by atoms with E-state index < -0.39 is 42.7 Å². The van der Waals surface area contributed by atoms with Crippen molar-refractivity contribution in [1.82, 2.24) is 35.6 Å². The number of hydrogen-bond acceptors (Lipinski definition) is 9. The first-order valence-corrected chi connectivity index (χ1v) is 15.8. The second kappa shape index (κ2) is 13.9. The summed E-state index contributed by atoms with van der Waals surface area (Å²) in [6.45, 7) is 4.16. The maximum absolute atomic E-state index is 15.5. The third-order valence-corrected chi connectivity index (χ3v) is 10.1. The van der Waals surface area contributed by atoms with Crippen LogP contribution in [0.25, 0.3) is 0 Å². The molecule has 5 rings (SSSR count). The van der Waals surface area contributed by atoms with E-state index in [4.69, 9.17) is 11.5 Å². The lowest BCUT2D eigenvalue weighted by atomic mass is 9.89. The average Bonchev–Trinajstić information content (AvgIpc) is 3.40. The summed E-state index contributed by atoms with van der Waals surface area (Å²) >= 11 is 0. The number of nitrogens with two attached hydrogens (primary N) is 2. The maximum atomic E-state index is 15.5. The third kappa shape index (κ3) is 7.02. The molecule has 7 atom stereocenters. The second-order valence-electron chi connectivity index (χ2n) is 12.8. The molecule has 0 aromatic rings. The fourth-order valence-electron chi connectivity index (χ4n) is 7.87. The molecular formula is C28H51F2N9O2. The van der Waals surface area contributed by atoms with Gasteiger partial charge >= 0.3 is 0 Å². The molecular weight excluding hydrogens is 532 g/mol. The van der Waals surface area contributed by atoms with Gasteiger partial charge < -0.3 is 27.0 Å². The first-order chi connectivity index (χ1) is 19.7. The lowest BCUT2D eigenvalue weighted by molar-refractivity contribution is -0.138. The Bertz CT molecular complexity index is 887. The highest BCUT2D eigenvalue weighted by molar-refractivity contribution is 5.82. The van der Waals surface area contributed by atoms with Crippen molar-refractivity contribution in [3.8, 4) is 0 Å². The summed E-state index contributed by atoms with van der Waals surface area (Å²) in [6.07, 6.45) is 3.52. The van der Waals surface area contributed by atoms with Gasteiger partial charge in [-0.15, -0.1) is 0 Å². The highest BCUT2D eigenvalue weighted by atomic mass is 19.1. The lowest BCUT2D eigenvalue weighted by Crippen LogP contribution is -2.71. The van der Waals surface area contributed by atoms with E-state index in [1.54, 1.807) is 0 Å². The maximum Gasteiger partial charge on any atom is 0.240 e. The molecule has 1 aliphatic carbocycles. The van der Waals surface area contributed by atoms with Gasteiger partial charge in [0.15, 0.2) is 0 Å². The molecule has 4 heterocycles. The van der Waals surface area contributed by atoms with Gasteiger partial charge in [-0.1, -0.05) is 19.3 Å². The molecule has 1 saturated carbocycles. The number of nitrogens with one attached hydrogen (secondary N) is 3. The lowest BCUT2D eigenvalue weighted by Gasteiger charge is -2.48. The molecule has 0 spiro atoms. The van der Waals surface area contributed by atoms with E-state index in [0.717, 1.165) is 45.1 Å². The van der Waals surface area contributed by atoms with Gasteiger partial charge in [0.05, 0.1) is 36.4 Å². The van der Waals surface area contributed by atoms with Crippen molar-refractivity contribution in [3.05, 3.63) is 0 Å². The Morgan fingerprint density at radius 2 is 1.66 bits per heavy atom. The van der Waals surface area contributed by atoms with Gasteiger partial charge in [0.2, 0.25) is 11.8 Å². The van der Waals surface area contributed by atoms with Crippen LogP contribution in [-0.4, -0.2) is 146 Å². The number of piperazine rings is 1. The summed E-state index contributed by atoms with van der Waals surface area (Å²) in [7, 11) is 2.00. The number of amides is 2. The van der Waals surface area contributed by atoms with Crippen LogP contribution in [0.1, 0.15) is 44.9 Å². The summed E-state index contributed by atoms with van der Waals surface area (Å²) in [4.78, 5) is 35.1. The average molecular weight is 584 g/mol. The van der Waals surface area contributed by atoms with Crippen LogP contribution in [-0.2, 0) is 9.59 Å². The van der Waals surface area contributed by atoms with Gasteiger partial charge in [-0.3, -0.25) is 29.6 Å². The number of likely N-dealkylation sites (tertiary alicyclic amines) is 1. The Balaban J connectivity index is 1.24. The fourth-order valence-corrected chi connectivity index (χ4v) is 7.87. The van der Waals surface area contributed by atoms with Crippen LogP contribution in [0.15, 0.2) is 0 Å². The minimum atomic E-state index is -1.18. The van der Waals surface area contributed by atoms with Gasteiger partial charge in [0.25, 0.3) is 0 Å². The third-order valence-electron chi connectivity index (χ3n) is 10.1. The Morgan fingerprint density at radius 1 is 0.927 bits per heavy atom. The molecule has 5 aliphatic rings. The summed E-state index contributed by atoms with van der Waals surface area (Å²) in [6, 6.07) is -0.897. The van der Waals surface area contributed by atoms with Crippen LogP contribution in [0.3, 0.4) is 0 Å². The molecule has 6 unspecified atom stereocenters. The molecule has 5 fully saturated rings. The minimum absolute atomic E-state index is 0.0620. The molecule has 234 valence electrons. The predicted molar refractivity (Wildman–Crippen MR) is 153 cm³/mol. The van der Waals surface area contributed by atoms with Crippen molar-refractivity contribution in [2.75, 3.05) is 66.0 Å². The highest BCUT2D eigenvalue weighted by Crippen LogP contribution is 2.29. The predicted octanol–water partition coefficient (Wildman–Crippen LogP) is -1.22. The van der Waals surface area contributed by atoms with E-state index >= 15 is 4.39 Å². The van der Waals surface area contributed by atoms with E-state index in [1.807, 2.05) is 11.9 Å². The minimum Gasteiger partial charge on any atom is -0.350 e. The first-order valence-electron chi connectivity index (χ1n) is 15.8.